The van der Waals surface area contributed by atoms with Crippen molar-refractivity contribution in [3.05, 3.63) is 66.2 Å². The summed E-state index contributed by atoms with van der Waals surface area (Å²) in [6.07, 6.45) is 3.78. The lowest BCUT2D eigenvalue weighted by atomic mass is 10.0. The second-order valence-electron chi connectivity index (χ2n) is 5.27. The maximum absolute atomic E-state index is 12.5. The molecule has 2 heteroatoms. The fraction of sp³-hybridized carbons (Fsp3) is 0.278. The molecule has 1 heterocycles. The van der Waals surface area contributed by atoms with Crippen LogP contribution in [-0.4, -0.2) is 5.91 Å². The molecule has 0 aromatic heterocycles. The maximum atomic E-state index is 12.5. The van der Waals surface area contributed by atoms with Crippen LogP contribution in [-0.2, 0) is 4.79 Å². The summed E-state index contributed by atoms with van der Waals surface area (Å²) < 4.78 is 0. The number of amides is 1. The van der Waals surface area contributed by atoms with Crippen molar-refractivity contribution in [3.8, 4) is 0 Å². The summed E-state index contributed by atoms with van der Waals surface area (Å²) in [6.45, 7) is 0. The van der Waals surface area contributed by atoms with Crippen molar-refractivity contribution in [2.24, 2.45) is 0 Å². The van der Waals surface area contributed by atoms with Crippen LogP contribution in [0.1, 0.15) is 37.3 Å². The number of rotatable bonds is 2. The van der Waals surface area contributed by atoms with Gasteiger partial charge in [-0.05, 0) is 30.5 Å². The summed E-state index contributed by atoms with van der Waals surface area (Å²) in [6, 6.07) is 20.6. The minimum absolute atomic E-state index is 0.161. The van der Waals surface area contributed by atoms with Crippen molar-refractivity contribution < 1.29 is 4.79 Å². The van der Waals surface area contributed by atoms with Crippen molar-refractivity contribution in [3.63, 3.8) is 0 Å². The number of hydrogen-bond acceptors (Lipinski definition) is 1. The van der Waals surface area contributed by atoms with Crippen LogP contribution in [0.25, 0.3) is 0 Å². The summed E-state index contributed by atoms with van der Waals surface area (Å²) in [7, 11) is 0. The van der Waals surface area contributed by atoms with E-state index in [1.54, 1.807) is 0 Å². The Kier molecular flexibility index (Phi) is 3.82. The van der Waals surface area contributed by atoms with E-state index in [4.69, 9.17) is 0 Å². The van der Waals surface area contributed by atoms with E-state index < -0.39 is 0 Å². The molecule has 20 heavy (non-hydrogen) atoms. The van der Waals surface area contributed by atoms with E-state index in [9.17, 15) is 4.79 Å². The fourth-order valence-corrected chi connectivity index (χ4v) is 2.94. The van der Waals surface area contributed by atoms with Crippen molar-refractivity contribution in [2.75, 3.05) is 4.90 Å². The van der Waals surface area contributed by atoms with Gasteiger partial charge in [0.25, 0.3) is 0 Å². The smallest absolute Gasteiger partial charge is 0.227 e. The highest BCUT2D eigenvalue weighted by molar-refractivity contribution is 5.94. The largest absolute Gasteiger partial charge is 0.305 e. The first kappa shape index (κ1) is 12.9. The Bertz CT molecular complexity index is 564. The molecule has 0 saturated carbocycles. The highest BCUT2D eigenvalue weighted by atomic mass is 16.2. The summed E-state index contributed by atoms with van der Waals surface area (Å²) >= 11 is 0. The fourth-order valence-electron chi connectivity index (χ4n) is 2.94. The van der Waals surface area contributed by atoms with Crippen LogP contribution < -0.4 is 4.90 Å². The SMILES string of the molecule is O=C1CCCCC(c2ccccc2)N1c1ccccc1. The molecule has 102 valence electrons. The monoisotopic (exact) mass is 265 g/mol. The maximum Gasteiger partial charge on any atom is 0.227 e. The van der Waals surface area contributed by atoms with Crippen LogP contribution in [0.4, 0.5) is 5.69 Å². The normalized spacial score (nSPS) is 19.7. The van der Waals surface area contributed by atoms with Crippen molar-refractivity contribution in [1.29, 1.82) is 0 Å². The molecule has 2 aromatic rings. The lowest BCUT2D eigenvalue weighted by Gasteiger charge is -2.30. The van der Waals surface area contributed by atoms with Gasteiger partial charge in [0, 0.05) is 12.1 Å². The van der Waals surface area contributed by atoms with E-state index in [0.717, 1.165) is 24.9 Å². The van der Waals surface area contributed by atoms with Crippen molar-refractivity contribution in [2.45, 2.75) is 31.7 Å². The lowest BCUT2D eigenvalue weighted by molar-refractivity contribution is -0.118. The molecular formula is C18H19NO. The summed E-state index contributed by atoms with van der Waals surface area (Å²) in [4.78, 5) is 14.5. The number of hydrogen-bond donors (Lipinski definition) is 0. The van der Waals surface area contributed by atoms with Gasteiger partial charge in [-0.2, -0.15) is 0 Å². The standard InChI is InChI=1S/C18H19NO/c20-18-14-8-7-13-17(15-9-3-1-4-10-15)19(18)16-11-5-2-6-12-16/h1-6,9-12,17H,7-8,13-14H2. The number of anilines is 1. The van der Waals surface area contributed by atoms with Crippen LogP contribution in [0.5, 0.6) is 0 Å². The van der Waals surface area contributed by atoms with E-state index in [-0.39, 0.29) is 11.9 Å². The molecule has 1 saturated heterocycles. The Morgan fingerprint density at radius 2 is 1.50 bits per heavy atom. The molecule has 0 aliphatic carbocycles. The summed E-state index contributed by atoms with van der Waals surface area (Å²) in [5.41, 5.74) is 2.24. The number of carbonyl (C=O) groups excluding carboxylic acids is 1. The van der Waals surface area contributed by atoms with Crippen LogP contribution >= 0.6 is 0 Å². The topological polar surface area (TPSA) is 20.3 Å². The molecule has 1 aliphatic heterocycles. The second kappa shape index (κ2) is 5.91. The molecule has 0 N–H and O–H groups in total. The van der Waals surface area contributed by atoms with E-state index in [1.807, 2.05) is 53.4 Å². The molecule has 1 aliphatic rings. The van der Waals surface area contributed by atoms with E-state index in [0.29, 0.717) is 6.42 Å². The Morgan fingerprint density at radius 3 is 2.20 bits per heavy atom. The highest BCUT2D eigenvalue weighted by Gasteiger charge is 2.28. The molecule has 2 aromatic carbocycles. The minimum Gasteiger partial charge on any atom is -0.305 e. The van der Waals surface area contributed by atoms with Crippen LogP contribution in [0, 0.1) is 0 Å². The molecule has 2 nitrogen and oxygen atoms in total. The Labute approximate surface area is 120 Å². The Morgan fingerprint density at radius 1 is 0.850 bits per heavy atom. The van der Waals surface area contributed by atoms with Gasteiger partial charge in [-0.15, -0.1) is 0 Å². The zero-order valence-corrected chi connectivity index (χ0v) is 11.5. The van der Waals surface area contributed by atoms with E-state index in [1.165, 1.54) is 5.56 Å². The highest BCUT2D eigenvalue weighted by Crippen LogP contribution is 2.34. The van der Waals surface area contributed by atoms with E-state index >= 15 is 0 Å². The number of benzene rings is 2. The molecule has 0 radical (unpaired) electrons. The van der Waals surface area contributed by atoms with Gasteiger partial charge in [-0.1, -0.05) is 55.0 Å². The average Bonchev–Trinajstić information content (AvgIpc) is 2.71. The first-order chi connectivity index (χ1) is 9.86. The lowest BCUT2D eigenvalue weighted by Crippen LogP contribution is -2.33. The Hall–Kier alpha value is -2.09. The van der Waals surface area contributed by atoms with Crippen LogP contribution in [0.15, 0.2) is 60.7 Å². The predicted molar refractivity (Wildman–Crippen MR) is 81.6 cm³/mol. The van der Waals surface area contributed by atoms with Crippen LogP contribution in [0.3, 0.4) is 0 Å². The van der Waals surface area contributed by atoms with Gasteiger partial charge < -0.3 is 4.90 Å². The van der Waals surface area contributed by atoms with Crippen molar-refractivity contribution in [1.82, 2.24) is 0 Å². The third kappa shape index (κ3) is 2.60. The van der Waals surface area contributed by atoms with Gasteiger partial charge in [0.15, 0.2) is 0 Å². The molecule has 1 amide bonds. The van der Waals surface area contributed by atoms with Crippen LogP contribution in [0.2, 0.25) is 0 Å². The van der Waals surface area contributed by atoms with E-state index in [2.05, 4.69) is 12.1 Å². The molecule has 0 spiro atoms. The number of nitrogens with zero attached hydrogens (tertiary/aromatic N) is 1. The van der Waals surface area contributed by atoms with Gasteiger partial charge in [-0.3, -0.25) is 4.79 Å². The number of para-hydroxylation sites is 1. The molecule has 0 bridgehead atoms. The molecule has 1 fully saturated rings. The van der Waals surface area contributed by atoms with Gasteiger partial charge >= 0.3 is 0 Å². The molecule has 1 atom stereocenters. The van der Waals surface area contributed by atoms with Gasteiger partial charge in [0.2, 0.25) is 5.91 Å². The van der Waals surface area contributed by atoms with Crippen molar-refractivity contribution >= 4 is 11.6 Å². The second-order valence-corrected chi connectivity index (χ2v) is 5.27. The zero-order valence-electron chi connectivity index (χ0n) is 11.5. The van der Waals surface area contributed by atoms with Gasteiger partial charge in [0.1, 0.15) is 0 Å². The quantitative estimate of drug-likeness (QED) is 0.791. The first-order valence-corrected chi connectivity index (χ1v) is 7.28. The third-order valence-electron chi connectivity index (χ3n) is 3.92. The third-order valence-corrected chi connectivity index (χ3v) is 3.92. The average molecular weight is 265 g/mol. The number of carbonyl (C=O) groups is 1. The zero-order chi connectivity index (χ0) is 13.8. The summed E-state index contributed by atoms with van der Waals surface area (Å²) in [5, 5.41) is 0. The summed E-state index contributed by atoms with van der Waals surface area (Å²) in [5.74, 6) is 0.238. The molecule has 1 unspecified atom stereocenters. The first-order valence-electron chi connectivity index (χ1n) is 7.28. The Balaban J connectivity index is 2.02. The predicted octanol–water partition coefficient (Wildman–Crippen LogP) is 4.33. The minimum atomic E-state index is 0.161. The molecular weight excluding hydrogens is 246 g/mol. The van der Waals surface area contributed by atoms with Gasteiger partial charge in [0.05, 0.1) is 6.04 Å². The van der Waals surface area contributed by atoms with Gasteiger partial charge in [-0.25, -0.2) is 0 Å². The molecule has 3 rings (SSSR count).